The molecule has 8 nitrogen and oxygen atoms in total. The molecule has 0 saturated carbocycles. The molecule has 3 aromatic heterocycles. The molecule has 0 aliphatic heterocycles. The number of halogens is 3. The summed E-state index contributed by atoms with van der Waals surface area (Å²) in [7, 11) is 0. The summed E-state index contributed by atoms with van der Waals surface area (Å²) in [5.41, 5.74) is 3.79. The molecule has 1 aromatic carbocycles. The van der Waals surface area contributed by atoms with Gasteiger partial charge < -0.3 is 10.1 Å². The molecule has 0 unspecified atom stereocenters. The van der Waals surface area contributed by atoms with Crippen molar-refractivity contribution in [3.05, 3.63) is 46.9 Å². The topological polar surface area (TPSA) is 105 Å². The van der Waals surface area contributed by atoms with E-state index in [0.717, 1.165) is 28.3 Å². The standard InChI is InChI=1S/C21H17F3N6O2S/c1-11-15(12(2)30-19(27-11)13(8-25)9-26-30)4-6-18(31)29-20-28-16-5-3-14(7-17(16)33-20)32-10-21(22,23)24/h3,5,7,9H,4,6,10H2,1-2H3,(H,28,29,31). The van der Waals surface area contributed by atoms with Gasteiger partial charge in [0, 0.05) is 17.8 Å². The predicted molar refractivity (Wildman–Crippen MR) is 115 cm³/mol. The van der Waals surface area contributed by atoms with E-state index in [-0.39, 0.29) is 18.1 Å². The Kier molecular flexibility index (Phi) is 5.90. The molecule has 0 radical (unpaired) electrons. The number of hydrogen-bond donors (Lipinski definition) is 1. The molecule has 0 bridgehead atoms. The molecule has 0 aliphatic carbocycles. The van der Waals surface area contributed by atoms with Crippen molar-refractivity contribution in [3.63, 3.8) is 0 Å². The quantitative estimate of drug-likeness (QED) is 0.446. The number of amides is 1. The van der Waals surface area contributed by atoms with E-state index in [2.05, 4.69) is 26.5 Å². The lowest BCUT2D eigenvalue weighted by Gasteiger charge is -2.10. The van der Waals surface area contributed by atoms with E-state index in [1.165, 1.54) is 18.3 Å². The number of ether oxygens (including phenoxy) is 1. The molecule has 0 atom stereocenters. The molecular formula is C21H17F3N6O2S. The van der Waals surface area contributed by atoms with Crippen molar-refractivity contribution in [1.82, 2.24) is 19.6 Å². The average molecular weight is 474 g/mol. The Morgan fingerprint density at radius 3 is 2.82 bits per heavy atom. The number of benzene rings is 1. The van der Waals surface area contributed by atoms with Crippen LogP contribution in [0.3, 0.4) is 0 Å². The normalized spacial score (nSPS) is 11.6. The van der Waals surface area contributed by atoms with Crippen LogP contribution in [-0.4, -0.2) is 38.3 Å². The van der Waals surface area contributed by atoms with E-state index < -0.39 is 12.8 Å². The Morgan fingerprint density at radius 1 is 1.30 bits per heavy atom. The first-order valence-corrected chi connectivity index (χ1v) is 10.6. The second-order valence-electron chi connectivity index (χ2n) is 7.27. The lowest BCUT2D eigenvalue weighted by atomic mass is 10.1. The zero-order chi connectivity index (χ0) is 23.8. The number of hydrogen-bond acceptors (Lipinski definition) is 7. The van der Waals surface area contributed by atoms with Gasteiger partial charge in [-0.1, -0.05) is 11.3 Å². The van der Waals surface area contributed by atoms with Gasteiger partial charge in [0.25, 0.3) is 0 Å². The van der Waals surface area contributed by atoms with Crippen molar-refractivity contribution in [1.29, 1.82) is 5.26 Å². The Hall–Kier alpha value is -3.72. The second-order valence-corrected chi connectivity index (χ2v) is 8.30. The van der Waals surface area contributed by atoms with Gasteiger partial charge in [-0.05, 0) is 44.0 Å². The summed E-state index contributed by atoms with van der Waals surface area (Å²) in [5, 5.41) is 16.4. The number of nitriles is 1. The van der Waals surface area contributed by atoms with Crippen molar-refractivity contribution in [3.8, 4) is 11.8 Å². The minimum Gasteiger partial charge on any atom is -0.484 e. The predicted octanol–water partition coefficient (Wildman–Crippen LogP) is 4.34. The molecule has 170 valence electrons. The highest BCUT2D eigenvalue weighted by molar-refractivity contribution is 7.22. The van der Waals surface area contributed by atoms with Crippen LogP contribution >= 0.6 is 11.3 Å². The number of nitrogens with zero attached hydrogens (tertiary/aromatic N) is 5. The van der Waals surface area contributed by atoms with Crippen LogP contribution in [0.4, 0.5) is 18.3 Å². The van der Waals surface area contributed by atoms with Gasteiger partial charge in [-0.2, -0.15) is 23.5 Å². The highest BCUT2D eigenvalue weighted by atomic mass is 32.1. The zero-order valence-corrected chi connectivity index (χ0v) is 18.3. The third-order valence-electron chi connectivity index (χ3n) is 4.94. The lowest BCUT2D eigenvalue weighted by molar-refractivity contribution is -0.153. The van der Waals surface area contributed by atoms with Crippen LogP contribution in [0.5, 0.6) is 5.75 Å². The van der Waals surface area contributed by atoms with Gasteiger partial charge in [-0.15, -0.1) is 0 Å². The zero-order valence-electron chi connectivity index (χ0n) is 17.5. The van der Waals surface area contributed by atoms with Crippen LogP contribution in [0.2, 0.25) is 0 Å². The van der Waals surface area contributed by atoms with E-state index in [1.54, 1.807) is 10.6 Å². The molecule has 3 heterocycles. The van der Waals surface area contributed by atoms with E-state index >= 15 is 0 Å². The van der Waals surface area contributed by atoms with Crippen LogP contribution in [0.25, 0.3) is 15.9 Å². The van der Waals surface area contributed by atoms with Crippen LogP contribution in [0.1, 0.15) is 28.9 Å². The SMILES string of the molecule is Cc1nc2c(C#N)cnn2c(C)c1CCC(=O)Nc1nc2ccc(OCC(F)(F)F)cc2s1. The number of thiazole rings is 1. The van der Waals surface area contributed by atoms with Gasteiger partial charge in [0.2, 0.25) is 5.91 Å². The molecule has 12 heteroatoms. The molecular weight excluding hydrogens is 457 g/mol. The smallest absolute Gasteiger partial charge is 0.422 e. The number of carbonyl (C=O) groups is 1. The second kappa shape index (κ2) is 8.67. The Bertz CT molecular complexity index is 1400. The van der Waals surface area contributed by atoms with Crippen LogP contribution in [0.15, 0.2) is 24.4 Å². The first-order chi connectivity index (χ1) is 15.6. The maximum atomic E-state index is 12.5. The molecule has 1 amide bonds. The minimum atomic E-state index is -4.42. The first-order valence-electron chi connectivity index (χ1n) is 9.78. The molecule has 0 aliphatic rings. The molecule has 4 aromatic rings. The van der Waals surface area contributed by atoms with Crippen molar-refractivity contribution >= 4 is 38.2 Å². The van der Waals surface area contributed by atoms with Gasteiger partial charge in [0.05, 0.1) is 16.4 Å². The van der Waals surface area contributed by atoms with Crippen LogP contribution in [-0.2, 0) is 11.2 Å². The number of aromatic nitrogens is 4. The van der Waals surface area contributed by atoms with E-state index in [1.807, 2.05) is 13.8 Å². The van der Waals surface area contributed by atoms with Crippen molar-refractivity contribution in [2.75, 3.05) is 11.9 Å². The number of alkyl halides is 3. The lowest BCUT2D eigenvalue weighted by Crippen LogP contribution is -2.19. The van der Waals surface area contributed by atoms with E-state index in [4.69, 9.17) is 10.00 Å². The summed E-state index contributed by atoms with van der Waals surface area (Å²) in [6.07, 6.45) is -2.39. The molecule has 0 spiro atoms. The summed E-state index contributed by atoms with van der Waals surface area (Å²) in [6.45, 7) is 2.30. The largest absolute Gasteiger partial charge is 0.484 e. The fraction of sp³-hybridized carbons (Fsp3) is 0.286. The highest BCUT2D eigenvalue weighted by Crippen LogP contribution is 2.30. The number of rotatable bonds is 6. The van der Waals surface area contributed by atoms with E-state index in [9.17, 15) is 18.0 Å². The maximum absolute atomic E-state index is 12.5. The highest BCUT2D eigenvalue weighted by Gasteiger charge is 2.28. The molecule has 0 saturated heterocycles. The number of anilines is 1. The number of carbonyl (C=O) groups excluding carboxylic acids is 1. The average Bonchev–Trinajstić information content (AvgIpc) is 3.34. The molecule has 1 N–H and O–H groups in total. The molecule has 33 heavy (non-hydrogen) atoms. The van der Waals surface area contributed by atoms with Gasteiger partial charge in [0.1, 0.15) is 17.4 Å². The summed E-state index contributed by atoms with van der Waals surface area (Å²) in [4.78, 5) is 21.2. The van der Waals surface area contributed by atoms with Crippen molar-refractivity contribution in [2.24, 2.45) is 0 Å². The van der Waals surface area contributed by atoms with Crippen LogP contribution < -0.4 is 10.1 Å². The molecule has 0 fully saturated rings. The van der Waals surface area contributed by atoms with Crippen LogP contribution in [0, 0.1) is 25.2 Å². The molecule has 4 rings (SSSR count). The number of nitrogens with one attached hydrogen (secondary N) is 1. The maximum Gasteiger partial charge on any atom is 0.422 e. The summed E-state index contributed by atoms with van der Waals surface area (Å²) >= 11 is 1.15. The third-order valence-corrected chi connectivity index (χ3v) is 5.87. The fourth-order valence-corrected chi connectivity index (χ4v) is 4.30. The van der Waals surface area contributed by atoms with Crippen molar-refractivity contribution in [2.45, 2.75) is 32.9 Å². The summed E-state index contributed by atoms with van der Waals surface area (Å²) in [6, 6.07) is 6.46. The number of fused-ring (bicyclic) bond motifs is 2. The summed E-state index contributed by atoms with van der Waals surface area (Å²) in [5.74, 6) is -0.187. The number of aryl methyl sites for hydroxylation is 2. The van der Waals surface area contributed by atoms with Gasteiger partial charge >= 0.3 is 6.18 Å². The third kappa shape index (κ3) is 4.88. The minimum absolute atomic E-state index is 0.0772. The Morgan fingerprint density at radius 2 is 2.09 bits per heavy atom. The van der Waals surface area contributed by atoms with Crippen molar-refractivity contribution < 1.29 is 22.7 Å². The first kappa shape index (κ1) is 22.5. The Labute approximate surface area is 189 Å². The Balaban J connectivity index is 1.43. The monoisotopic (exact) mass is 474 g/mol. The van der Waals surface area contributed by atoms with E-state index in [0.29, 0.717) is 33.0 Å². The van der Waals surface area contributed by atoms with Gasteiger partial charge in [0.15, 0.2) is 17.4 Å². The fourth-order valence-electron chi connectivity index (χ4n) is 3.39. The van der Waals surface area contributed by atoms with Gasteiger partial charge in [-0.3, -0.25) is 4.79 Å². The van der Waals surface area contributed by atoms with Gasteiger partial charge in [-0.25, -0.2) is 14.5 Å². The summed E-state index contributed by atoms with van der Waals surface area (Å²) < 4.78 is 44.0.